The van der Waals surface area contributed by atoms with Crippen molar-refractivity contribution in [2.45, 2.75) is 31.5 Å². The molecule has 2 fully saturated rings. The van der Waals surface area contributed by atoms with Gasteiger partial charge >= 0.3 is 6.36 Å². The van der Waals surface area contributed by atoms with Gasteiger partial charge < -0.3 is 9.64 Å². The zero-order valence-electron chi connectivity index (χ0n) is 11.4. The summed E-state index contributed by atoms with van der Waals surface area (Å²) in [6, 6.07) is 6.15. The number of amides is 1. The van der Waals surface area contributed by atoms with Gasteiger partial charge in [-0.15, -0.1) is 13.2 Å². The number of likely N-dealkylation sites (tertiary alicyclic amines) is 1. The lowest BCUT2D eigenvalue weighted by Gasteiger charge is -2.46. The monoisotopic (exact) mass is 299 g/mol. The third-order valence-electron chi connectivity index (χ3n) is 4.51. The van der Waals surface area contributed by atoms with Gasteiger partial charge in [-0.1, -0.05) is 12.1 Å². The lowest BCUT2D eigenvalue weighted by atomic mass is 9.77. The summed E-state index contributed by atoms with van der Waals surface area (Å²) in [4.78, 5) is 12.4. The van der Waals surface area contributed by atoms with Crippen LogP contribution in [0.4, 0.5) is 13.2 Å². The summed E-state index contributed by atoms with van der Waals surface area (Å²) >= 11 is 0. The molecular formula is C15H16F3NO2. The predicted octanol–water partition coefficient (Wildman–Crippen LogP) is 3.31. The molecule has 0 radical (unpaired) electrons. The SMILES string of the molecule is O=CN1CC2(CC[C@@H](c3ccc(OC(F)(F)F)cc3)C2)C1. The molecule has 0 aromatic heterocycles. The van der Waals surface area contributed by atoms with E-state index < -0.39 is 6.36 Å². The largest absolute Gasteiger partial charge is 0.573 e. The van der Waals surface area contributed by atoms with Crippen molar-refractivity contribution >= 4 is 6.41 Å². The van der Waals surface area contributed by atoms with Crippen molar-refractivity contribution in [2.24, 2.45) is 5.41 Å². The van der Waals surface area contributed by atoms with Gasteiger partial charge in [-0.25, -0.2) is 0 Å². The molecule has 1 amide bonds. The van der Waals surface area contributed by atoms with Crippen LogP contribution in [0.1, 0.15) is 30.7 Å². The minimum absolute atomic E-state index is 0.185. The molecule has 1 aromatic rings. The van der Waals surface area contributed by atoms with Crippen molar-refractivity contribution in [3.8, 4) is 5.75 Å². The zero-order chi connectivity index (χ0) is 15.1. The predicted molar refractivity (Wildman–Crippen MR) is 69.8 cm³/mol. The quantitative estimate of drug-likeness (QED) is 0.801. The van der Waals surface area contributed by atoms with Gasteiger partial charge in [0.1, 0.15) is 5.75 Å². The molecule has 0 bridgehead atoms. The highest BCUT2D eigenvalue weighted by Gasteiger charge is 2.47. The first-order valence-electron chi connectivity index (χ1n) is 6.94. The molecule has 0 unspecified atom stereocenters. The van der Waals surface area contributed by atoms with Crippen molar-refractivity contribution in [1.29, 1.82) is 0 Å². The Bertz CT molecular complexity index is 521. The molecule has 1 aromatic carbocycles. The van der Waals surface area contributed by atoms with Gasteiger partial charge in [0.2, 0.25) is 6.41 Å². The smallest absolute Gasteiger partial charge is 0.406 e. The number of hydrogen-bond acceptors (Lipinski definition) is 2. The summed E-state index contributed by atoms with van der Waals surface area (Å²) in [7, 11) is 0. The average molecular weight is 299 g/mol. The molecule has 6 heteroatoms. The molecule has 1 spiro atoms. The molecule has 2 aliphatic rings. The Labute approximate surface area is 120 Å². The van der Waals surface area contributed by atoms with E-state index in [4.69, 9.17) is 0 Å². The van der Waals surface area contributed by atoms with Gasteiger partial charge in [-0.2, -0.15) is 0 Å². The van der Waals surface area contributed by atoms with E-state index in [1.54, 1.807) is 17.0 Å². The second kappa shape index (κ2) is 4.93. The van der Waals surface area contributed by atoms with Crippen LogP contribution in [0.15, 0.2) is 24.3 Å². The first-order chi connectivity index (χ1) is 9.89. The Kier molecular flexibility index (Phi) is 3.34. The lowest BCUT2D eigenvalue weighted by molar-refractivity contribution is -0.274. The summed E-state index contributed by atoms with van der Waals surface area (Å²) in [5.41, 5.74) is 1.28. The van der Waals surface area contributed by atoms with Gasteiger partial charge in [0.05, 0.1) is 0 Å². The van der Waals surface area contributed by atoms with E-state index in [2.05, 4.69) is 4.74 Å². The molecule has 21 heavy (non-hydrogen) atoms. The van der Waals surface area contributed by atoms with Crippen molar-refractivity contribution in [3.05, 3.63) is 29.8 Å². The van der Waals surface area contributed by atoms with Crippen LogP contribution in [0, 0.1) is 5.41 Å². The Morgan fingerprint density at radius 3 is 2.48 bits per heavy atom. The number of halogens is 3. The molecule has 1 saturated heterocycles. The van der Waals surface area contributed by atoms with Gasteiger partial charge in [-0.3, -0.25) is 4.79 Å². The van der Waals surface area contributed by atoms with E-state index in [-0.39, 0.29) is 11.2 Å². The third kappa shape index (κ3) is 2.99. The van der Waals surface area contributed by atoms with Crippen molar-refractivity contribution < 1.29 is 22.7 Å². The maximum atomic E-state index is 12.1. The number of carbonyl (C=O) groups excluding carboxylic acids is 1. The molecule has 0 N–H and O–H groups in total. The second-order valence-electron chi connectivity index (χ2n) is 6.07. The van der Waals surface area contributed by atoms with E-state index in [0.29, 0.717) is 5.92 Å². The number of nitrogens with zero attached hydrogens (tertiary/aromatic N) is 1. The Balaban J connectivity index is 1.62. The Morgan fingerprint density at radius 2 is 1.90 bits per heavy atom. The molecule has 3 nitrogen and oxygen atoms in total. The fourth-order valence-corrected chi connectivity index (χ4v) is 3.61. The number of hydrogen-bond donors (Lipinski definition) is 0. The van der Waals surface area contributed by atoms with Gasteiger partial charge in [0, 0.05) is 18.5 Å². The van der Waals surface area contributed by atoms with Crippen LogP contribution < -0.4 is 4.74 Å². The lowest BCUT2D eigenvalue weighted by Crippen LogP contribution is -2.54. The molecule has 1 saturated carbocycles. The molecule has 3 rings (SSSR count). The normalized spacial score (nSPS) is 24.0. The molecule has 1 atom stereocenters. The maximum absolute atomic E-state index is 12.1. The summed E-state index contributed by atoms with van der Waals surface area (Å²) < 4.78 is 40.2. The first kappa shape index (κ1) is 14.2. The van der Waals surface area contributed by atoms with Crippen LogP contribution >= 0.6 is 0 Å². The van der Waals surface area contributed by atoms with Crippen molar-refractivity contribution in [3.63, 3.8) is 0 Å². The number of benzene rings is 1. The third-order valence-corrected chi connectivity index (χ3v) is 4.51. The Hall–Kier alpha value is -1.72. The Morgan fingerprint density at radius 1 is 1.24 bits per heavy atom. The van der Waals surface area contributed by atoms with Crippen LogP contribution in [0.3, 0.4) is 0 Å². The molecule has 1 aliphatic carbocycles. The topological polar surface area (TPSA) is 29.5 Å². The van der Waals surface area contributed by atoms with Gasteiger partial charge in [-0.05, 0) is 42.9 Å². The zero-order valence-corrected chi connectivity index (χ0v) is 11.4. The fourth-order valence-electron chi connectivity index (χ4n) is 3.61. The average Bonchev–Trinajstić information content (AvgIpc) is 2.81. The van der Waals surface area contributed by atoms with Gasteiger partial charge in [0.15, 0.2) is 0 Å². The van der Waals surface area contributed by atoms with Crippen molar-refractivity contribution in [2.75, 3.05) is 13.1 Å². The number of ether oxygens (including phenoxy) is 1. The van der Waals surface area contributed by atoms with E-state index in [1.807, 2.05) is 0 Å². The fraction of sp³-hybridized carbons (Fsp3) is 0.533. The standard InChI is InChI=1S/C15H16F3NO2/c16-15(17,18)21-13-3-1-11(2-4-13)12-5-6-14(7-12)8-19(9-14)10-20/h1-4,10,12H,5-9H2/t12-/m1/s1. The van der Waals surface area contributed by atoms with Crippen LogP contribution in [-0.2, 0) is 4.79 Å². The molecule has 1 aliphatic heterocycles. The first-order valence-corrected chi connectivity index (χ1v) is 6.94. The van der Waals surface area contributed by atoms with Crippen molar-refractivity contribution in [1.82, 2.24) is 4.90 Å². The van der Waals surface area contributed by atoms with Crippen LogP contribution in [0.25, 0.3) is 0 Å². The summed E-state index contributed by atoms with van der Waals surface area (Å²) in [6.45, 7) is 1.62. The summed E-state index contributed by atoms with van der Waals surface area (Å²) in [6.07, 6.45) is -0.684. The van der Waals surface area contributed by atoms with Crippen LogP contribution in [-0.4, -0.2) is 30.8 Å². The highest BCUT2D eigenvalue weighted by Crippen LogP contribution is 2.51. The maximum Gasteiger partial charge on any atom is 0.573 e. The van der Waals surface area contributed by atoms with E-state index >= 15 is 0 Å². The van der Waals surface area contributed by atoms with Gasteiger partial charge in [0.25, 0.3) is 0 Å². The van der Waals surface area contributed by atoms with E-state index in [9.17, 15) is 18.0 Å². The van der Waals surface area contributed by atoms with Crippen LogP contribution in [0.2, 0.25) is 0 Å². The number of alkyl halides is 3. The molecular weight excluding hydrogens is 283 g/mol. The second-order valence-corrected chi connectivity index (χ2v) is 6.07. The highest BCUT2D eigenvalue weighted by molar-refractivity contribution is 5.49. The minimum atomic E-state index is -4.65. The minimum Gasteiger partial charge on any atom is -0.406 e. The molecule has 114 valence electrons. The number of rotatable bonds is 3. The van der Waals surface area contributed by atoms with E-state index in [0.717, 1.165) is 44.3 Å². The summed E-state index contributed by atoms with van der Waals surface area (Å²) in [5.74, 6) is 0.175. The van der Waals surface area contributed by atoms with Crippen LogP contribution in [0.5, 0.6) is 5.75 Å². The molecule has 1 heterocycles. The van der Waals surface area contributed by atoms with E-state index in [1.165, 1.54) is 12.1 Å². The summed E-state index contributed by atoms with van der Waals surface area (Å²) in [5, 5.41) is 0. The highest BCUT2D eigenvalue weighted by atomic mass is 19.4. The number of carbonyl (C=O) groups is 1.